The van der Waals surface area contributed by atoms with E-state index in [0.29, 0.717) is 12.2 Å². The van der Waals surface area contributed by atoms with Crippen LogP contribution in [0.2, 0.25) is 0 Å². The van der Waals surface area contributed by atoms with Crippen molar-refractivity contribution in [2.75, 3.05) is 0 Å². The van der Waals surface area contributed by atoms with Crippen LogP contribution in [0.3, 0.4) is 0 Å². The van der Waals surface area contributed by atoms with Gasteiger partial charge in [-0.15, -0.1) is 0 Å². The highest BCUT2D eigenvalue weighted by atomic mass is 19.4. The topological polar surface area (TPSA) is 42.7 Å². The van der Waals surface area contributed by atoms with Crippen LogP contribution in [-0.4, -0.2) is 20.3 Å². The molecule has 114 valence electrons. The van der Waals surface area contributed by atoms with Gasteiger partial charge in [-0.25, -0.2) is 4.68 Å². The molecule has 2 aromatic heterocycles. The van der Waals surface area contributed by atoms with Crippen LogP contribution in [0.4, 0.5) is 13.2 Å². The van der Waals surface area contributed by atoms with Gasteiger partial charge in [-0.1, -0.05) is 0 Å². The van der Waals surface area contributed by atoms with E-state index in [1.165, 1.54) is 10.9 Å². The van der Waals surface area contributed by atoms with Gasteiger partial charge in [0.2, 0.25) is 0 Å². The highest BCUT2D eigenvalue weighted by Gasteiger charge is 2.32. The molecule has 0 aromatic carbocycles. The van der Waals surface area contributed by atoms with Gasteiger partial charge in [0.25, 0.3) is 0 Å². The molecule has 2 heterocycles. The molecular formula is C14H17F3N4. The fourth-order valence-electron chi connectivity index (χ4n) is 1.73. The second kappa shape index (κ2) is 5.48. The molecule has 0 amide bonds. The maximum atomic E-state index is 12.6. The van der Waals surface area contributed by atoms with Gasteiger partial charge in [-0.2, -0.15) is 18.3 Å². The third-order valence-electron chi connectivity index (χ3n) is 2.85. The molecule has 21 heavy (non-hydrogen) atoms. The van der Waals surface area contributed by atoms with E-state index in [2.05, 4.69) is 15.4 Å². The molecule has 0 fully saturated rings. The molecule has 0 aliphatic carbocycles. The van der Waals surface area contributed by atoms with Crippen LogP contribution in [0, 0.1) is 0 Å². The minimum Gasteiger partial charge on any atom is -0.308 e. The van der Waals surface area contributed by atoms with Gasteiger partial charge >= 0.3 is 6.18 Å². The van der Waals surface area contributed by atoms with E-state index in [4.69, 9.17) is 0 Å². The standard InChI is InChI=1S/C14H17F3N4/c1-13(2,3)19-6-10-4-5-18-8-12(10)21-9-11(7-20-21)14(15,16)17/h4-5,7-9,19H,6H2,1-3H3. The Labute approximate surface area is 121 Å². The maximum Gasteiger partial charge on any atom is 0.419 e. The largest absolute Gasteiger partial charge is 0.419 e. The number of aromatic nitrogens is 3. The Morgan fingerprint density at radius 3 is 2.48 bits per heavy atom. The van der Waals surface area contributed by atoms with Crippen LogP contribution in [0.5, 0.6) is 0 Å². The van der Waals surface area contributed by atoms with E-state index < -0.39 is 11.7 Å². The van der Waals surface area contributed by atoms with Crippen molar-refractivity contribution in [2.45, 2.75) is 39.0 Å². The molecule has 2 rings (SSSR count). The van der Waals surface area contributed by atoms with E-state index >= 15 is 0 Å². The summed E-state index contributed by atoms with van der Waals surface area (Å²) in [5, 5.41) is 7.08. The van der Waals surface area contributed by atoms with E-state index in [1.54, 1.807) is 12.3 Å². The number of nitrogens with zero attached hydrogens (tertiary/aromatic N) is 3. The predicted octanol–water partition coefficient (Wildman–Crippen LogP) is 3.17. The lowest BCUT2D eigenvalue weighted by molar-refractivity contribution is -0.137. The van der Waals surface area contributed by atoms with E-state index in [0.717, 1.165) is 18.0 Å². The molecule has 0 unspecified atom stereocenters. The second-order valence-corrected chi connectivity index (χ2v) is 5.78. The Balaban J connectivity index is 2.30. The number of alkyl halides is 3. The van der Waals surface area contributed by atoms with Crippen molar-refractivity contribution in [2.24, 2.45) is 0 Å². The Hall–Kier alpha value is -1.89. The molecule has 0 radical (unpaired) electrons. The molecule has 0 aliphatic rings. The SMILES string of the molecule is CC(C)(C)NCc1ccncc1-n1cc(C(F)(F)F)cn1. The first-order chi connectivity index (χ1) is 9.67. The number of nitrogens with one attached hydrogen (secondary N) is 1. The van der Waals surface area contributed by atoms with Crippen LogP contribution in [0.15, 0.2) is 30.9 Å². The van der Waals surface area contributed by atoms with Gasteiger partial charge in [0, 0.05) is 24.5 Å². The van der Waals surface area contributed by atoms with Crippen molar-refractivity contribution in [3.63, 3.8) is 0 Å². The molecule has 1 N–H and O–H groups in total. The van der Waals surface area contributed by atoms with Crippen molar-refractivity contribution in [3.8, 4) is 5.69 Å². The van der Waals surface area contributed by atoms with Crippen LogP contribution in [0.1, 0.15) is 31.9 Å². The van der Waals surface area contributed by atoms with Crippen molar-refractivity contribution < 1.29 is 13.2 Å². The maximum absolute atomic E-state index is 12.6. The van der Waals surface area contributed by atoms with Crippen molar-refractivity contribution in [1.82, 2.24) is 20.1 Å². The first-order valence-electron chi connectivity index (χ1n) is 6.47. The second-order valence-electron chi connectivity index (χ2n) is 5.78. The summed E-state index contributed by atoms with van der Waals surface area (Å²) >= 11 is 0. The predicted molar refractivity (Wildman–Crippen MR) is 73.0 cm³/mol. The third kappa shape index (κ3) is 4.04. The lowest BCUT2D eigenvalue weighted by Gasteiger charge is -2.21. The lowest BCUT2D eigenvalue weighted by Crippen LogP contribution is -2.35. The van der Waals surface area contributed by atoms with Crippen LogP contribution < -0.4 is 5.32 Å². The number of halogens is 3. The van der Waals surface area contributed by atoms with Gasteiger partial charge in [0.15, 0.2) is 0 Å². The number of hydrogen-bond acceptors (Lipinski definition) is 3. The zero-order valence-corrected chi connectivity index (χ0v) is 12.1. The quantitative estimate of drug-likeness (QED) is 0.946. The molecule has 7 heteroatoms. The monoisotopic (exact) mass is 298 g/mol. The molecule has 0 saturated heterocycles. The average molecular weight is 298 g/mol. The minimum atomic E-state index is -4.40. The van der Waals surface area contributed by atoms with Gasteiger partial charge < -0.3 is 5.32 Å². The minimum absolute atomic E-state index is 0.0954. The summed E-state index contributed by atoms with van der Waals surface area (Å²) in [4.78, 5) is 3.97. The molecule has 0 bridgehead atoms. The van der Waals surface area contributed by atoms with Crippen LogP contribution >= 0.6 is 0 Å². The molecule has 4 nitrogen and oxygen atoms in total. The summed E-state index contributed by atoms with van der Waals surface area (Å²) in [5.74, 6) is 0. The highest BCUT2D eigenvalue weighted by Crippen LogP contribution is 2.29. The number of rotatable bonds is 3. The summed E-state index contributed by atoms with van der Waals surface area (Å²) < 4.78 is 39.1. The van der Waals surface area contributed by atoms with Gasteiger partial charge in [-0.05, 0) is 32.4 Å². The molecule has 0 spiro atoms. The Kier molecular flexibility index (Phi) is 4.04. The molecule has 0 saturated carbocycles. The Morgan fingerprint density at radius 1 is 1.19 bits per heavy atom. The van der Waals surface area contributed by atoms with Gasteiger partial charge in [-0.3, -0.25) is 4.98 Å². The fraction of sp³-hybridized carbons (Fsp3) is 0.429. The zero-order chi connectivity index (χ0) is 15.7. The molecule has 0 atom stereocenters. The number of hydrogen-bond donors (Lipinski definition) is 1. The zero-order valence-electron chi connectivity index (χ0n) is 12.1. The smallest absolute Gasteiger partial charge is 0.308 e. The highest BCUT2D eigenvalue weighted by molar-refractivity contribution is 5.38. The van der Waals surface area contributed by atoms with Gasteiger partial charge in [0.05, 0.1) is 23.6 Å². The molecule has 2 aromatic rings. The lowest BCUT2D eigenvalue weighted by atomic mass is 10.1. The molecular weight excluding hydrogens is 281 g/mol. The summed E-state index contributed by atoms with van der Waals surface area (Å²) in [7, 11) is 0. The van der Waals surface area contributed by atoms with Crippen molar-refractivity contribution in [1.29, 1.82) is 0 Å². The van der Waals surface area contributed by atoms with Gasteiger partial charge in [0.1, 0.15) is 0 Å². The first-order valence-corrected chi connectivity index (χ1v) is 6.47. The van der Waals surface area contributed by atoms with Crippen molar-refractivity contribution in [3.05, 3.63) is 42.0 Å². The van der Waals surface area contributed by atoms with E-state index in [9.17, 15) is 13.2 Å². The first kappa shape index (κ1) is 15.5. The van der Waals surface area contributed by atoms with Crippen molar-refractivity contribution >= 4 is 0 Å². The Morgan fingerprint density at radius 2 is 1.90 bits per heavy atom. The fourth-order valence-corrected chi connectivity index (χ4v) is 1.73. The average Bonchev–Trinajstić information content (AvgIpc) is 2.85. The summed E-state index contributed by atoms with van der Waals surface area (Å²) in [6.07, 6.45) is 0.500. The summed E-state index contributed by atoms with van der Waals surface area (Å²) in [6, 6.07) is 1.77. The number of pyridine rings is 1. The Bertz CT molecular complexity index is 611. The van der Waals surface area contributed by atoms with Crippen LogP contribution in [0.25, 0.3) is 5.69 Å². The molecule has 0 aliphatic heterocycles. The third-order valence-corrected chi connectivity index (χ3v) is 2.85. The van der Waals surface area contributed by atoms with E-state index in [-0.39, 0.29) is 5.54 Å². The summed E-state index contributed by atoms with van der Waals surface area (Å²) in [5.41, 5.74) is 0.490. The normalized spacial score (nSPS) is 12.7. The van der Waals surface area contributed by atoms with E-state index in [1.807, 2.05) is 20.8 Å². The summed E-state index contributed by atoms with van der Waals surface area (Å²) in [6.45, 7) is 6.57. The van der Waals surface area contributed by atoms with Crippen LogP contribution in [-0.2, 0) is 12.7 Å².